The van der Waals surface area contributed by atoms with Gasteiger partial charge in [-0.25, -0.2) is 5.43 Å². The van der Waals surface area contributed by atoms with E-state index in [1.54, 1.807) is 30.7 Å². The maximum atomic E-state index is 12.0. The van der Waals surface area contributed by atoms with Crippen molar-refractivity contribution in [2.45, 2.75) is 45.6 Å². The number of hydrogen-bond acceptors (Lipinski definition) is 4. The van der Waals surface area contributed by atoms with Gasteiger partial charge in [-0.05, 0) is 68.5 Å². The van der Waals surface area contributed by atoms with Crippen LogP contribution >= 0.6 is 0 Å². The Labute approximate surface area is 155 Å². The first-order valence-corrected chi connectivity index (χ1v) is 9.07. The van der Waals surface area contributed by atoms with Crippen molar-refractivity contribution in [1.29, 1.82) is 0 Å². The monoisotopic (exact) mass is 350 g/mol. The summed E-state index contributed by atoms with van der Waals surface area (Å²) >= 11 is 0. The van der Waals surface area contributed by atoms with Gasteiger partial charge in [0.1, 0.15) is 0 Å². The van der Waals surface area contributed by atoms with Gasteiger partial charge in [-0.1, -0.05) is 13.0 Å². The van der Waals surface area contributed by atoms with Crippen LogP contribution < -0.4 is 10.3 Å². The van der Waals surface area contributed by atoms with Crippen molar-refractivity contribution in [1.82, 2.24) is 10.4 Å². The second kappa shape index (κ2) is 7.28. The molecule has 0 radical (unpaired) electrons. The van der Waals surface area contributed by atoms with Crippen molar-refractivity contribution < 1.29 is 4.79 Å². The van der Waals surface area contributed by atoms with E-state index in [4.69, 9.17) is 0 Å². The molecule has 3 rings (SSSR count). The Morgan fingerprint density at radius 1 is 1.35 bits per heavy atom. The van der Waals surface area contributed by atoms with E-state index in [2.05, 4.69) is 66.3 Å². The lowest BCUT2D eigenvalue weighted by molar-refractivity contribution is 0.0955. The summed E-state index contributed by atoms with van der Waals surface area (Å²) in [6, 6.07) is 9.72. The average Bonchev–Trinajstić information content (AvgIpc) is 2.62. The highest BCUT2D eigenvalue weighted by Crippen LogP contribution is 2.43. The predicted octanol–water partition coefficient (Wildman–Crippen LogP) is 3.96. The number of pyridine rings is 1. The Morgan fingerprint density at radius 3 is 2.77 bits per heavy atom. The van der Waals surface area contributed by atoms with E-state index in [1.807, 2.05) is 0 Å². The average molecular weight is 350 g/mol. The molecule has 1 amide bonds. The first-order valence-electron chi connectivity index (χ1n) is 9.07. The summed E-state index contributed by atoms with van der Waals surface area (Å²) in [6.45, 7) is 10.1. The second-order valence-electron chi connectivity index (χ2n) is 7.42. The lowest BCUT2D eigenvalue weighted by Gasteiger charge is -2.47. The molecule has 1 aliphatic rings. The quantitative estimate of drug-likeness (QED) is 0.671. The Balaban J connectivity index is 1.77. The second-order valence-corrected chi connectivity index (χ2v) is 7.42. The Bertz CT molecular complexity index is 814. The largest absolute Gasteiger partial charge is 0.366 e. The standard InChI is InChI=1S/C21H26N4O/c1-5-25-19-7-6-16(12-18(19)15(2)13-21(25,3)4)14-23-24-20(26)17-8-10-22-11-9-17/h6-12,14-15H,5,13H2,1-4H3,(H,24,26)/b23-14-. The summed E-state index contributed by atoms with van der Waals surface area (Å²) < 4.78 is 0. The molecular weight excluding hydrogens is 324 g/mol. The van der Waals surface area contributed by atoms with Crippen LogP contribution in [0, 0.1) is 0 Å². The van der Waals surface area contributed by atoms with Gasteiger partial charge in [0.25, 0.3) is 5.91 Å². The minimum atomic E-state index is -0.242. The van der Waals surface area contributed by atoms with Gasteiger partial charge in [-0.3, -0.25) is 9.78 Å². The zero-order valence-corrected chi connectivity index (χ0v) is 15.9. The molecule has 0 bridgehead atoms. The summed E-state index contributed by atoms with van der Waals surface area (Å²) in [5.74, 6) is 0.247. The van der Waals surface area contributed by atoms with E-state index in [9.17, 15) is 4.79 Å². The molecule has 0 spiro atoms. The number of amides is 1. The Hall–Kier alpha value is -2.69. The van der Waals surface area contributed by atoms with Gasteiger partial charge in [0.2, 0.25) is 0 Å². The van der Waals surface area contributed by atoms with Crippen LogP contribution in [0.5, 0.6) is 0 Å². The first-order chi connectivity index (χ1) is 12.4. The van der Waals surface area contributed by atoms with E-state index in [0.717, 1.165) is 18.5 Å². The van der Waals surface area contributed by atoms with E-state index < -0.39 is 0 Å². The third-order valence-corrected chi connectivity index (χ3v) is 5.05. The summed E-state index contributed by atoms with van der Waals surface area (Å²) in [4.78, 5) is 18.4. The first kappa shape index (κ1) is 18.1. The van der Waals surface area contributed by atoms with Crippen LogP contribution in [-0.2, 0) is 0 Å². The number of hydrazone groups is 1. The highest BCUT2D eigenvalue weighted by atomic mass is 16.2. The lowest BCUT2D eigenvalue weighted by Crippen LogP contribution is -2.48. The maximum absolute atomic E-state index is 12.0. The molecule has 136 valence electrons. The molecular formula is C21H26N4O. The molecule has 1 N–H and O–H groups in total. The fourth-order valence-electron chi connectivity index (χ4n) is 3.92. The number of nitrogens with zero attached hydrogens (tertiary/aromatic N) is 3. The van der Waals surface area contributed by atoms with Crippen LogP contribution in [0.4, 0.5) is 5.69 Å². The fourth-order valence-corrected chi connectivity index (χ4v) is 3.92. The van der Waals surface area contributed by atoms with Crippen LogP contribution in [0.2, 0.25) is 0 Å². The molecule has 5 heteroatoms. The molecule has 2 aromatic rings. The Morgan fingerprint density at radius 2 is 2.08 bits per heavy atom. The van der Waals surface area contributed by atoms with Crippen LogP contribution in [-0.4, -0.2) is 29.2 Å². The third kappa shape index (κ3) is 3.62. The van der Waals surface area contributed by atoms with E-state index in [1.165, 1.54) is 11.3 Å². The molecule has 1 atom stereocenters. The number of rotatable bonds is 4. The molecule has 1 unspecified atom stereocenters. The minimum absolute atomic E-state index is 0.162. The molecule has 0 fully saturated rings. The minimum Gasteiger partial charge on any atom is -0.366 e. The van der Waals surface area contributed by atoms with Crippen molar-refractivity contribution >= 4 is 17.8 Å². The van der Waals surface area contributed by atoms with Crippen LogP contribution in [0.15, 0.2) is 47.8 Å². The molecule has 1 aromatic heterocycles. The number of nitrogens with one attached hydrogen (secondary N) is 1. The molecule has 2 heterocycles. The fraction of sp³-hybridized carbons (Fsp3) is 0.381. The van der Waals surface area contributed by atoms with E-state index in [-0.39, 0.29) is 11.4 Å². The molecule has 0 saturated heterocycles. The summed E-state index contributed by atoms with van der Waals surface area (Å²) in [6.07, 6.45) is 5.99. The van der Waals surface area contributed by atoms with Gasteiger partial charge in [0.05, 0.1) is 6.21 Å². The Kier molecular flexibility index (Phi) is 5.07. The van der Waals surface area contributed by atoms with Gasteiger partial charge < -0.3 is 4.90 Å². The molecule has 5 nitrogen and oxygen atoms in total. The van der Waals surface area contributed by atoms with Crippen molar-refractivity contribution in [2.24, 2.45) is 5.10 Å². The molecule has 26 heavy (non-hydrogen) atoms. The van der Waals surface area contributed by atoms with Gasteiger partial charge >= 0.3 is 0 Å². The van der Waals surface area contributed by atoms with Crippen LogP contribution in [0.3, 0.4) is 0 Å². The highest BCUT2D eigenvalue weighted by Gasteiger charge is 2.35. The topological polar surface area (TPSA) is 57.6 Å². The maximum Gasteiger partial charge on any atom is 0.271 e. The number of benzene rings is 1. The number of carbonyl (C=O) groups excluding carboxylic acids is 1. The summed E-state index contributed by atoms with van der Waals surface area (Å²) in [5.41, 5.74) is 6.90. The van der Waals surface area contributed by atoms with Crippen molar-refractivity contribution in [2.75, 3.05) is 11.4 Å². The molecule has 1 aliphatic heterocycles. The zero-order valence-electron chi connectivity index (χ0n) is 15.9. The van der Waals surface area contributed by atoms with Crippen LogP contribution in [0.1, 0.15) is 61.5 Å². The highest BCUT2D eigenvalue weighted by molar-refractivity contribution is 5.94. The number of aromatic nitrogens is 1. The SMILES string of the molecule is CCN1c2ccc(/C=N\NC(=O)c3ccncc3)cc2C(C)CC1(C)C. The number of carbonyl (C=O) groups is 1. The van der Waals surface area contributed by atoms with Crippen molar-refractivity contribution in [3.05, 3.63) is 59.4 Å². The third-order valence-electron chi connectivity index (χ3n) is 5.05. The molecule has 0 aliphatic carbocycles. The number of hydrogen-bond donors (Lipinski definition) is 1. The van der Waals surface area contributed by atoms with Gasteiger partial charge in [-0.2, -0.15) is 5.10 Å². The zero-order chi connectivity index (χ0) is 18.7. The van der Waals surface area contributed by atoms with E-state index in [0.29, 0.717) is 11.5 Å². The summed E-state index contributed by atoms with van der Waals surface area (Å²) in [5, 5.41) is 4.10. The number of anilines is 1. The predicted molar refractivity (Wildman–Crippen MR) is 106 cm³/mol. The summed E-state index contributed by atoms with van der Waals surface area (Å²) in [7, 11) is 0. The van der Waals surface area contributed by atoms with Crippen LogP contribution in [0.25, 0.3) is 0 Å². The van der Waals surface area contributed by atoms with Gasteiger partial charge in [0.15, 0.2) is 0 Å². The van der Waals surface area contributed by atoms with E-state index >= 15 is 0 Å². The molecule has 1 aromatic carbocycles. The number of fused-ring (bicyclic) bond motifs is 1. The van der Waals surface area contributed by atoms with Crippen molar-refractivity contribution in [3.63, 3.8) is 0 Å². The van der Waals surface area contributed by atoms with Gasteiger partial charge in [0, 0.05) is 35.7 Å². The molecule has 0 saturated carbocycles. The normalized spacial score (nSPS) is 18.6. The lowest BCUT2D eigenvalue weighted by atomic mass is 9.79. The van der Waals surface area contributed by atoms with Gasteiger partial charge in [-0.15, -0.1) is 0 Å². The smallest absolute Gasteiger partial charge is 0.271 e. The van der Waals surface area contributed by atoms with Crippen molar-refractivity contribution in [3.8, 4) is 0 Å².